The number of carboxylic acids is 1. The third-order valence-corrected chi connectivity index (χ3v) is 5.82. The molecular formula is C24H44O5. The number of ether oxygens (including phenoxy) is 2. The number of allylic oxidation sites excluding steroid dienone is 1. The molecule has 1 aliphatic rings. The van der Waals surface area contributed by atoms with Crippen LogP contribution in [0.15, 0.2) is 12.7 Å². The second-order valence-electron chi connectivity index (χ2n) is 8.44. The van der Waals surface area contributed by atoms with E-state index in [-0.39, 0.29) is 18.8 Å². The van der Waals surface area contributed by atoms with Gasteiger partial charge in [0.1, 0.15) is 0 Å². The van der Waals surface area contributed by atoms with E-state index in [1.807, 2.05) is 0 Å². The average molecular weight is 413 g/mol. The van der Waals surface area contributed by atoms with Gasteiger partial charge < -0.3 is 19.7 Å². The maximum Gasteiger partial charge on any atom is 0.309 e. The Morgan fingerprint density at radius 3 is 2.34 bits per heavy atom. The second kappa shape index (κ2) is 16.8. The first-order valence-electron chi connectivity index (χ1n) is 11.9. The van der Waals surface area contributed by atoms with E-state index in [4.69, 9.17) is 9.47 Å². The normalized spacial score (nSPS) is 20.1. The number of aliphatic hydroxyl groups excluding tert-OH is 1. The van der Waals surface area contributed by atoms with Crippen molar-refractivity contribution >= 4 is 5.97 Å². The third-order valence-electron chi connectivity index (χ3n) is 5.82. The van der Waals surface area contributed by atoms with Gasteiger partial charge in [0, 0.05) is 13.0 Å². The first-order valence-corrected chi connectivity index (χ1v) is 11.9. The SMILES string of the molecule is C=CCC(C(=O)O)C(O)CC(CCCCCCCCCCC)OC1CCCCO1. The summed E-state index contributed by atoms with van der Waals surface area (Å²) in [7, 11) is 0. The van der Waals surface area contributed by atoms with Crippen molar-refractivity contribution in [1.29, 1.82) is 0 Å². The lowest BCUT2D eigenvalue weighted by Crippen LogP contribution is -2.35. The number of carboxylic acid groups (broad SMARTS) is 1. The van der Waals surface area contributed by atoms with Gasteiger partial charge in [-0.1, -0.05) is 70.8 Å². The summed E-state index contributed by atoms with van der Waals surface area (Å²) in [5.74, 6) is -1.80. The van der Waals surface area contributed by atoms with Crippen LogP contribution in [0.5, 0.6) is 0 Å². The molecule has 5 heteroatoms. The van der Waals surface area contributed by atoms with Crippen LogP contribution < -0.4 is 0 Å². The maximum atomic E-state index is 11.5. The van der Waals surface area contributed by atoms with Gasteiger partial charge in [-0.3, -0.25) is 4.79 Å². The van der Waals surface area contributed by atoms with Gasteiger partial charge >= 0.3 is 5.97 Å². The number of aliphatic hydroxyl groups is 1. The zero-order chi connectivity index (χ0) is 21.3. The van der Waals surface area contributed by atoms with Crippen LogP contribution in [0.1, 0.15) is 103 Å². The number of carbonyl (C=O) groups is 1. The number of unbranched alkanes of at least 4 members (excludes halogenated alkanes) is 8. The Labute approximate surface area is 177 Å². The van der Waals surface area contributed by atoms with Crippen LogP contribution in [0.2, 0.25) is 0 Å². The summed E-state index contributed by atoms with van der Waals surface area (Å²) in [6.07, 6.45) is 16.0. The van der Waals surface area contributed by atoms with Gasteiger partial charge in [0.05, 0.1) is 18.1 Å². The Balaban J connectivity index is 2.40. The topological polar surface area (TPSA) is 76.0 Å². The van der Waals surface area contributed by atoms with E-state index in [1.165, 1.54) is 44.9 Å². The van der Waals surface area contributed by atoms with Crippen LogP contribution in [-0.4, -0.2) is 41.3 Å². The van der Waals surface area contributed by atoms with E-state index in [9.17, 15) is 15.0 Å². The van der Waals surface area contributed by atoms with Gasteiger partial charge in [-0.2, -0.15) is 0 Å². The first-order chi connectivity index (χ1) is 14.1. The Bertz CT molecular complexity index is 419. The molecule has 4 unspecified atom stereocenters. The van der Waals surface area contributed by atoms with Gasteiger partial charge in [-0.05, 0) is 32.1 Å². The van der Waals surface area contributed by atoms with Crippen molar-refractivity contribution in [1.82, 2.24) is 0 Å². The van der Waals surface area contributed by atoms with Gasteiger partial charge in [-0.15, -0.1) is 6.58 Å². The van der Waals surface area contributed by atoms with Crippen LogP contribution in [0.3, 0.4) is 0 Å². The summed E-state index contributed by atoms with van der Waals surface area (Å²) in [6.45, 7) is 6.57. The Kier molecular flexibility index (Phi) is 15.2. The summed E-state index contributed by atoms with van der Waals surface area (Å²) in [6, 6.07) is 0. The van der Waals surface area contributed by atoms with Crippen LogP contribution >= 0.6 is 0 Å². The minimum atomic E-state index is -0.979. The van der Waals surface area contributed by atoms with E-state index in [2.05, 4.69) is 13.5 Å². The highest BCUT2D eigenvalue weighted by Crippen LogP contribution is 2.24. The van der Waals surface area contributed by atoms with Crippen molar-refractivity contribution in [2.24, 2.45) is 5.92 Å². The highest BCUT2D eigenvalue weighted by atomic mass is 16.7. The minimum absolute atomic E-state index is 0.163. The molecule has 0 radical (unpaired) electrons. The molecule has 1 rings (SSSR count). The van der Waals surface area contributed by atoms with Crippen LogP contribution in [0, 0.1) is 5.92 Å². The highest BCUT2D eigenvalue weighted by Gasteiger charge is 2.29. The number of hydrogen-bond donors (Lipinski definition) is 2. The molecule has 4 atom stereocenters. The van der Waals surface area contributed by atoms with E-state index in [0.717, 1.165) is 38.5 Å². The van der Waals surface area contributed by atoms with E-state index in [1.54, 1.807) is 6.08 Å². The Morgan fingerprint density at radius 1 is 1.14 bits per heavy atom. The molecule has 0 aromatic rings. The highest BCUT2D eigenvalue weighted by molar-refractivity contribution is 5.70. The fraction of sp³-hybridized carbons (Fsp3) is 0.875. The average Bonchev–Trinajstić information content (AvgIpc) is 2.71. The van der Waals surface area contributed by atoms with Crippen molar-refractivity contribution in [3.05, 3.63) is 12.7 Å². The molecule has 1 fully saturated rings. The molecule has 1 saturated heterocycles. The molecule has 0 bridgehead atoms. The van der Waals surface area contributed by atoms with E-state index >= 15 is 0 Å². The number of hydrogen-bond acceptors (Lipinski definition) is 4. The molecule has 0 aromatic carbocycles. The monoisotopic (exact) mass is 412 g/mol. The van der Waals surface area contributed by atoms with Crippen molar-refractivity contribution in [2.45, 2.75) is 122 Å². The van der Waals surface area contributed by atoms with E-state index < -0.39 is 18.0 Å². The number of aliphatic carboxylic acids is 1. The smallest absolute Gasteiger partial charge is 0.309 e. The molecule has 0 aromatic heterocycles. The molecule has 1 heterocycles. The van der Waals surface area contributed by atoms with Crippen LogP contribution in [-0.2, 0) is 14.3 Å². The maximum absolute atomic E-state index is 11.5. The second-order valence-corrected chi connectivity index (χ2v) is 8.44. The summed E-state index contributed by atoms with van der Waals surface area (Å²) in [5.41, 5.74) is 0. The summed E-state index contributed by atoms with van der Waals surface area (Å²) >= 11 is 0. The quantitative estimate of drug-likeness (QED) is 0.218. The molecule has 2 N–H and O–H groups in total. The molecule has 170 valence electrons. The predicted molar refractivity (Wildman–Crippen MR) is 117 cm³/mol. The predicted octanol–water partition coefficient (Wildman–Crippen LogP) is 5.85. The largest absolute Gasteiger partial charge is 0.481 e. The van der Waals surface area contributed by atoms with Gasteiger partial charge in [0.25, 0.3) is 0 Å². The summed E-state index contributed by atoms with van der Waals surface area (Å²) in [5, 5.41) is 19.9. The lowest BCUT2D eigenvalue weighted by molar-refractivity contribution is -0.196. The summed E-state index contributed by atoms with van der Waals surface area (Å²) < 4.78 is 11.8. The van der Waals surface area contributed by atoms with Gasteiger partial charge in [0.15, 0.2) is 6.29 Å². The van der Waals surface area contributed by atoms with Crippen molar-refractivity contribution in [3.8, 4) is 0 Å². The van der Waals surface area contributed by atoms with Crippen LogP contribution in [0.4, 0.5) is 0 Å². The molecule has 0 aliphatic carbocycles. The lowest BCUT2D eigenvalue weighted by Gasteiger charge is -2.30. The molecule has 29 heavy (non-hydrogen) atoms. The molecule has 0 saturated carbocycles. The molecule has 1 aliphatic heterocycles. The first kappa shape index (κ1) is 26.1. The van der Waals surface area contributed by atoms with Crippen LogP contribution in [0.25, 0.3) is 0 Å². The Morgan fingerprint density at radius 2 is 1.79 bits per heavy atom. The van der Waals surface area contributed by atoms with Crippen molar-refractivity contribution in [3.63, 3.8) is 0 Å². The minimum Gasteiger partial charge on any atom is -0.481 e. The molecular weight excluding hydrogens is 368 g/mol. The summed E-state index contributed by atoms with van der Waals surface area (Å²) in [4.78, 5) is 11.5. The van der Waals surface area contributed by atoms with Gasteiger partial charge in [-0.25, -0.2) is 0 Å². The molecule has 5 nitrogen and oxygen atoms in total. The fourth-order valence-corrected chi connectivity index (χ4v) is 3.99. The van der Waals surface area contributed by atoms with E-state index in [0.29, 0.717) is 13.0 Å². The molecule has 0 amide bonds. The Hall–Kier alpha value is -0.910. The fourth-order valence-electron chi connectivity index (χ4n) is 3.99. The zero-order valence-corrected chi connectivity index (χ0v) is 18.5. The zero-order valence-electron chi connectivity index (χ0n) is 18.5. The van der Waals surface area contributed by atoms with Gasteiger partial charge in [0.2, 0.25) is 0 Å². The lowest BCUT2D eigenvalue weighted by atomic mass is 9.92. The number of rotatable bonds is 18. The van der Waals surface area contributed by atoms with Crippen molar-refractivity contribution in [2.75, 3.05) is 6.61 Å². The molecule has 0 spiro atoms. The standard InChI is InChI=1S/C24H44O5/c1-3-5-6-7-8-9-10-11-12-16-20(29-23-17-13-14-18-28-23)19-22(25)21(15-4-2)24(26)27/h4,20-23,25H,2-3,5-19H2,1H3,(H,26,27). The third kappa shape index (κ3) is 12.4. The van der Waals surface area contributed by atoms with Crippen molar-refractivity contribution < 1.29 is 24.5 Å².